The monoisotopic (exact) mass is 394 g/mol. The fourth-order valence-electron chi connectivity index (χ4n) is 3.20. The van der Waals surface area contributed by atoms with Crippen molar-refractivity contribution in [1.82, 2.24) is 9.21 Å². The van der Waals surface area contributed by atoms with Crippen LogP contribution < -0.4 is 0 Å². The van der Waals surface area contributed by atoms with Gasteiger partial charge in [-0.05, 0) is 44.2 Å². The first-order valence-corrected chi connectivity index (χ1v) is 9.95. The normalized spacial score (nSPS) is 15.8. The largest absolute Gasteiger partial charge is 0.336 e. The van der Waals surface area contributed by atoms with Crippen molar-refractivity contribution in [3.63, 3.8) is 0 Å². The lowest BCUT2D eigenvalue weighted by Crippen LogP contribution is -2.50. The van der Waals surface area contributed by atoms with Crippen molar-refractivity contribution in [1.29, 1.82) is 0 Å². The Kier molecular flexibility index (Phi) is 5.30. The molecule has 1 aliphatic rings. The van der Waals surface area contributed by atoms with Crippen LogP contribution in [0.5, 0.6) is 0 Å². The predicted octanol–water partition coefficient (Wildman–Crippen LogP) is 2.73. The molecule has 1 saturated heterocycles. The molecule has 5 nitrogen and oxygen atoms in total. The van der Waals surface area contributed by atoms with Crippen LogP contribution in [0.25, 0.3) is 0 Å². The molecular formula is C19H20F2N2O3S. The van der Waals surface area contributed by atoms with Gasteiger partial charge in [0, 0.05) is 31.7 Å². The second-order valence-electron chi connectivity index (χ2n) is 6.65. The lowest BCUT2D eigenvalue weighted by molar-refractivity contribution is 0.0697. The summed E-state index contributed by atoms with van der Waals surface area (Å²) in [5, 5.41) is 0. The Morgan fingerprint density at radius 2 is 1.48 bits per heavy atom. The van der Waals surface area contributed by atoms with Crippen LogP contribution in [0, 0.1) is 25.5 Å². The summed E-state index contributed by atoms with van der Waals surface area (Å²) in [4.78, 5) is 14.0. The molecule has 0 spiro atoms. The second-order valence-corrected chi connectivity index (χ2v) is 8.59. The molecule has 0 saturated carbocycles. The quantitative estimate of drug-likeness (QED) is 0.804. The molecule has 0 radical (unpaired) electrons. The number of carbonyl (C=O) groups excluding carboxylic acids is 1. The summed E-state index contributed by atoms with van der Waals surface area (Å²) in [6.45, 7) is 4.48. The molecule has 144 valence electrons. The number of aryl methyl sites for hydroxylation is 2. The highest BCUT2D eigenvalue weighted by atomic mass is 32.2. The third-order valence-electron chi connectivity index (χ3n) is 4.52. The fraction of sp³-hybridized carbons (Fsp3) is 0.316. The van der Waals surface area contributed by atoms with Crippen molar-refractivity contribution in [2.75, 3.05) is 26.2 Å². The molecule has 1 fully saturated rings. The summed E-state index contributed by atoms with van der Waals surface area (Å²) in [6.07, 6.45) is 0. The number of nitrogens with zero attached hydrogens (tertiary/aromatic N) is 2. The Morgan fingerprint density at radius 1 is 0.889 bits per heavy atom. The highest BCUT2D eigenvalue weighted by molar-refractivity contribution is 7.89. The SMILES string of the molecule is Cc1cc(C)cc(C(=O)N2CCN(S(=O)(=O)c3ccc(F)c(F)c3)CC2)c1. The maximum Gasteiger partial charge on any atom is 0.253 e. The average molecular weight is 394 g/mol. The van der Waals surface area contributed by atoms with Gasteiger partial charge in [0.25, 0.3) is 5.91 Å². The zero-order valence-corrected chi connectivity index (χ0v) is 15.9. The zero-order chi connectivity index (χ0) is 19.8. The maximum absolute atomic E-state index is 13.4. The van der Waals surface area contributed by atoms with E-state index in [4.69, 9.17) is 0 Å². The van der Waals surface area contributed by atoms with E-state index in [2.05, 4.69) is 0 Å². The molecule has 0 bridgehead atoms. The van der Waals surface area contributed by atoms with E-state index in [1.807, 2.05) is 19.9 Å². The summed E-state index contributed by atoms with van der Waals surface area (Å²) in [5.74, 6) is -2.45. The van der Waals surface area contributed by atoms with Gasteiger partial charge in [-0.2, -0.15) is 4.31 Å². The molecule has 0 aliphatic carbocycles. The van der Waals surface area contributed by atoms with E-state index in [9.17, 15) is 22.0 Å². The highest BCUT2D eigenvalue weighted by Crippen LogP contribution is 2.21. The Labute approximate surface area is 157 Å². The van der Waals surface area contributed by atoms with Gasteiger partial charge < -0.3 is 4.90 Å². The van der Waals surface area contributed by atoms with Gasteiger partial charge in [0.1, 0.15) is 0 Å². The van der Waals surface area contributed by atoms with E-state index in [1.165, 1.54) is 4.31 Å². The Balaban J connectivity index is 1.72. The number of hydrogen-bond donors (Lipinski definition) is 0. The van der Waals surface area contributed by atoms with Crippen LogP contribution in [0.3, 0.4) is 0 Å². The number of amides is 1. The molecule has 0 aromatic heterocycles. The van der Waals surface area contributed by atoms with Gasteiger partial charge in [-0.15, -0.1) is 0 Å². The number of sulfonamides is 1. The summed E-state index contributed by atoms with van der Waals surface area (Å²) in [7, 11) is -3.94. The minimum Gasteiger partial charge on any atom is -0.336 e. The van der Waals surface area contributed by atoms with Gasteiger partial charge in [-0.1, -0.05) is 17.2 Å². The molecule has 27 heavy (non-hydrogen) atoms. The molecule has 1 aliphatic heterocycles. The molecule has 1 amide bonds. The van der Waals surface area contributed by atoms with Crippen molar-refractivity contribution in [2.45, 2.75) is 18.7 Å². The molecule has 0 N–H and O–H groups in total. The number of piperazine rings is 1. The van der Waals surface area contributed by atoms with Crippen LogP contribution >= 0.6 is 0 Å². The van der Waals surface area contributed by atoms with E-state index < -0.39 is 21.7 Å². The molecule has 1 heterocycles. The van der Waals surface area contributed by atoms with Gasteiger partial charge in [-0.25, -0.2) is 17.2 Å². The maximum atomic E-state index is 13.4. The number of benzene rings is 2. The van der Waals surface area contributed by atoms with Gasteiger partial charge in [0.05, 0.1) is 4.90 Å². The number of rotatable bonds is 3. The van der Waals surface area contributed by atoms with E-state index in [0.29, 0.717) is 11.6 Å². The first kappa shape index (κ1) is 19.4. The van der Waals surface area contributed by atoms with Crippen LogP contribution in [0.2, 0.25) is 0 Å². The lowest BCUT2D eigenvalue weighted by Gasteiger charge is -2.34. The van der Waals surface area contributed by atoms with Gasteiger partial charge in [0.15, 0.2) is 11.6 Å². The van der Waals surface area contributed by atoms with E-state index in [0.717, 1.165) is 23.3 Å². The summed E-state index contributed by atoms with van der Waals surface area (Å²) in [6, 6.07) is 8.10. The van der Waals surface area contributed by atoms with E-state index in [1.54, 1.807) is 17.0 Å². The molecular weight excluding hydrogens is 374 g/mol. The van der Waals surface area contributed by atoms with Crippen LogP contribution in [-0.4, -0.2) is 49.7 Å². The average Bonchev–Trinajstić information content (AvgIpc) is 2.62. The predicted molar refractivity (Wildman–Crippen MR) is 96.9 cm³/mol. The van der Waals surface area contributed by atoms with E-state index >= 15 is 0 Å². The lowest BCUT2D eigenvalue weighted by atomic mass is 10.1. The van der Waals surface area contributed by atoms with Crippen molar-refractivity contribution >= 4 is 15.9 Å². The highest BCUT2D eigenvalue weighted by Gasteiger charge is 2.31. The van der Waals surface area contributed by atoms with Crippen LogP contribution in [0.4, 0.5) is 8.78 Å². The minimum atomic E-state index is -3.94. The van der Waals surface area contributed by atoms with Crippen molar-refractivity contribution in [3.05, 3.63) is 64.7 Å². The van der Waals surface area contributed by atoms with Gasteiger partial charge in [-0.3, -0.25) is 4.79 Å². The standard InChI is InChI=1S/C19H20F2N2O3S/c1-13-9-14(2)11-15(10-13)19(24)22-5-7-23(8-6-22)27(25,26)16-3-4-17(20)18(21)12-16/h3-4,9-12H,5-8H2,1-2H3. The molecule has 2 aromatic rings. The molecule has 8 heteroatoms. The van der Waals surface area contributed by atoms with Crippen molar-refractivity contribution in [2.24, 2.45) is 0 Å². The third kappa shape index (κ3) is 4.01. The summed E-state index contributed by atoms with van der Waals surface area (Å²) >= 11 is 0. The second kappa shape index (κ2) is 7.36. The van der Waals surface area contributed by atoms with Gasteiger partial charge >= 0.3 is 0 Å². The molecule has 3 rings (SSSR count). The summed E-state index contributed by atoms with van der Waals surface area (Å²) < 4.78 is 52.9. The Morgan fingerprint density at radius 3 is 2.04 bits per heavy atom. The summed E-state index contributed by atoms with van der Waals surface area (Å²) in [5.41, 5.74) is 2.54. The van der Waals surface area contributed by atoms with Crippen LogP contribution in [0.15, 0.2) is 41.3 Å². The molecule has 2 aromatic carbocycles. The van der Waals surface area contributed by atoms with Crippen LogP contribution in [-0.2, 0) is 10.0 Å². The van der Waals surface area contributed by atoms with Gasteiger partial charge in [0.2, 0.25) is 10.0 Å². The minimum absolute atomic E-state index is 0.0951. The third-order valence-corrected chi connectivity index (χ3v) is 6.42. The Hall–Kier alpha value is -2.32. The Bertz CT molecular complexity index is 964. The van der Waals surface area contributed by atoms with E-state index in [-0.39, 0.29) is 37.0 Å². The topological polar surface area (TPSA) is 57.7 Å². The zero-order valence-electron chi connectivity index (χ0n) is 15.1. The van der Waals surface area contributed by atoms with Crippen molar-refractivity contribution in [3.8, 4) is 0 Å². The first-order valence-electron chi connectivity index (χ1n) is 8.51. The fourth-order valence-corrected chi connectivity index (χ4v) is 4.63. The van der Waals surface area contributed by atoms with Crippen LogP contribution in [0.1, 0.15) is 21.5 Å². The number of carbonyl (C=O) groups is 1. The number of hydrogen-bond acceptors (Lipinski definition) is 3. The smallest absolute Gasteiger partial charge is 0.253 e. The number of halogens is 2. The molecule has 0 unspecified atom stereocenters. The molecule has 0 atom stereocenters. The van der Waals surface area contributed by atoms with Crippen molar-refractivity contribution < 1.29 is 22.0 Å². The first-order chi connectivity index (χ1) is 12.7.